The normalized spacial score (nSPS) is 13.7. The fourth-order valence-corrected chi connectivity index (χ4v) is 2.98. The van der Waals surface area contributed by atoms with Crippen molar-refractivity contribution < 1.29 is 9.18 Å². The lowest BCUT2D eigenvalue weighted by Crippen LogP contribution is -2.50. The maximum Gasteiger partial charge on any atom is 0.353 e. The summed E-state index contributed by atoms with van der Waals surface area (Å²) in [6.45, 7) is 0. The van der Waals surface area contributed by atoms with E-state index in [2.05, 4.69) is 10.4 Å². The second-order valence-electron chi connectivity index (χ2n) is 5.88. The molecule has 0 bridgehead atoms. The van der Waals surface area contributed by atoms with Gasteiger partial charge in [-0.2, -0.15) is 0 Å². The molecule has 0 atom stereocenters. The predicted molar refractivity (Wildman–Crippen MR) is 101 cm³/mol. The van der Waals surface area contributed by atoms with Crippen molar-refractivity contribution in [3.63, 3.8) is 0 Å². The van der Waals surface area contributed by atoms with Gasteiger partial charge < -0.3 is 5.73 Å². The summed E-state index contributed by atoms with van der Waals surface area (Å²) in [6, 6.07) is 18.4. The summed E-state index contributed by atoms with van der Waals surface area (Å²) in [5.74, 6) is -0.338. The lowest BCUT2D eigenvalue weighted by atomic mass is 10.1. The summed E-state index contributed by atoms with van der Waals surface area (Å²) in [7, 11) is 0. The number of para-hydroxylation sites is 1. The van der Waals surface area contributed by atoms with Crippen LogP contribution in [0.5, 0.6) is 0 Å². The SMILES string of the molecule is NC(=O)N1NC(c2ccc(F)cc2)=C(c2ccncc2)N1c1ccccc1. The van der Waals surface area contributed by atoms with E-state index < -0.39 is 6.03 Å². The first-order valence-corrected chi connectivity index (χ1v) is 8.27. The number of hydrogen-bond donors (Lipinski definition) is 2. The van der Waals surface area contributed by atoms with Crippen LogP contribution >= 0.6 is 0 Å². The number of nitrogens with one attached hydrogen (secondary N) is 1. The number of rotatable bonds is 3. The molecule has 0 spiro atoms. The molecule has 0 fully saturated rings. The van der Waals surface area contributed by atoms with Crippen molar-refractivity contribution in [2.24, 2.45) is 5.73 Å². The zero-order chi connectivity index (χ0) is 18.8. The molecule has 1 aromatic heterocycles. The Bertz CT molecular complexity index is 990. The van der Waals surface area contributed by atoms with E-state index in [4.69, 9.17) is 5.73 Å². The minimum absolute atomic E-state index is 0.338. The van der Waals surface area contributed by atoms with Gasteiger partial charge in [0, 0.05) is 23.5 Å². The molecule has 2 aromatic carbocycles. The van der Waals surface area contributed by atoms with Crippen LogP contribution in [0.3, 0.4) is 0 Å². The van der Waals surface area contributed by atoms with Crippen LogP contribution in [0.2, 0.25) is 0 Å². The highest BCUT2D eigenvalue weighted by Crippen LogP contribution is 2.37. The number of urea groups is 1. The second-order valence-corrected chi connectivity index (χ2v) is 5.88. The summed E-state index contributed by atoms with van der Waals surface area (Å²) < 4.78 is 13.4. The number of pyridine rings is 1. The van der Waals surface area contributed by atoms with E-state index in [-0.39, 0.29) is 5.82 Å². The topological polar surface area (TPSA) is 74.5 Å². The average molecular weight is 361 g/mol. The van der Waals surface area contributed by atoms with Crippen molar-refractivity contribution in [2.45, 2.75) is 0 Å². The lowest BCUT2D eigenvalue weighted by Gasteiger charge is -2.29. The smallest absolute Gasteiger partial charge is 0.349 e. The third kappa shape index (κ3) is 3.06. The van der Waals surface area contributed by atoms with Gasteiger partial charge in [-0.3, -0.25) is 10.4 Å². The Kier molecular flexibility index (Phi) is 4.18. The molecule has 3 N–H and O–H groups in total. The van der Waals surface area contributed by atoms with Crippen LogP contribution in [0.15, 0.2) is 79.1 Å². The highest BCUT2D eigenvalue weighted by Gasteiger charge is 2.35. The van der Waals surface area contributed by atoms with Gasteiger partial charge in [-0.1, -0.05) is 18.2 Å². The Morgan fingerprint density at radius 3 is 2.22 bits per heavy atom. The van der Waals surface area contributed by atoms with E-state index in [1.165, 1.54) is 17.3 Å². The van der Waals surface area contributed by atoms with Crippen molar-refractivity contribution in [3.8, 4) is 0 Å². The van der Waals surface area contributed by atoms with Crippen LogP contribution < -0.4 is 16.2 Å². The fraction of sp³-hybridized carbons (Fsp3) is 0. The number of carbonyl (C=O) groups is 1. The van der Waals surface area contributed by atoms with Crippen molar-refractivity contribution in [1.82, 2.24) is 15.5 Å². The molecule has 6 nitrogen and oxygen atoms in total. The number of carbonyl (C=O) groups excluding carboxylic acids is 1. The van der Waals surface area contributed by atoms with Crippen LogP contribution in [-0.4, -0.2) is 16.1 Å². The van der Waals surface area contributed by atoms with Gasteiger partial charge >= 0.3 is 6.03 Å². The number of nitrogens with two attached hydrogens (primary N) is 1. The van der Waals surface area contributed by atoms with E-state index in [0.29, 0.717) is 17.0 Å². The molecule has 1 aliphatic heterocycles. The van der Waals surface area contributed by atoms with Crippen molar-refractivity contribution in [3.05, 3.63) is 96.1 Å². The highest BCUT2D eigenvalue weighted by molar-refractivity contribution is 6.00. The van der Waals surface area contributed by atoms with E-state index in [1.54, 1.807) is 29.5 Å². The molecule has 134 valence electrons. The molecule has 2 heterocycles. The third-order valence-electron chi connectivity index (χ3n) is 4.16. The number of hydrazine groups is 2. The first kappa shape index (κ1) is 16.6. The van der Waals surface area contributed by atoms with Crippen molar-refractivity contribution in [1.29, 1.82) is 0 Å². The third-order valence-corrected chi connectivity index (χ3v) is 4.16. The molecule has 0 aliphatic carbocycles. The van der Waals surface area contributed by atoms with Gasteiger partial charge in [-0.15, -0.1) is 5.12 Å². The quantitative estimate of drug-likeness (QED) is 0.750. The average Bonchev–Trinajstić information content (AvgIpc) is 3.11. The first-order chi connectivity index (χ1) is 13.1. The van der Waals surface area contributed by atoms with E-state index >= 15 is 0 Å². The number of anilines is 1. The van der Waals surface area contributed by atoms with Crippen LogP contribution in [0.4, 0.5) is 14.9 Å². The molecule has 0 radical (unpaired) electrons. The van der Waals surface area contributed by atoms with Crippen LogP contribution in [0, 0.1) is 5.82 Å². The van der Waals surface area contributed by atoms with Crippen molar-refractivity contribution >= 4 is 23.1 Å². The Balaban J connectivity index is 1.95. The lowest BCUT2D eigenvalue weighted by molar-refractivity contribution is 0.200. The molecule has 7 heteroatoms. The summed E-state index contributed by atoms with van der Waals surface area (Å²) in [5, 5.41) is 2.92. The monoisotopic (exact) mass is 361 g/mol. The van der Waals surface area contributed by atoms with Gasteiger partial charge in [0.1, 0.15) is 5.82 Å². The zero-order valence-corrected chi connectivity index (χ0v) is 14.2. The van der Waals surface area contributed by atoms with Gasteiger partial charge in [-0.05, 0) is 48.5 Å². The second kappa shape index (κ2) is 6.80. The standard InChI is InChI=1S/C20H16FN5O/c21-16-8-6-14(7-9-16)18-19(15-10-12-23-13-11-15)25(26(24-18)20(22)27)17-4-2-1-3-5-17/h1-13,24H,(H2,22,27). The molecule has 1 aliphatic rings. The molecule has 2 amide bonds. The number of benzene rings is 2. The van der Waals surface area contributed by atoms with Gasteiger partial charge in [0.05, 0.1) is 17.1 Å². The van der Waals surface area contributed by atoms with Gasteiger partial charge in [0.2, 0.25) is 0 Å². The van der Waals surface area contributed by atoms with E-state index in [9.17, 15) is 9.18 Å². The minimum Gasteiger partial charge on any atom is -0.349 e. The maximum absolute atomic E-state index is 13.4. The maximum atomic E-state index is 13.4. The number of aromatic nitrogens is 1. The Morgan fingerprint density at radius 1 is 0.926 bits per heavy atom. The van der Waals surface area contributed by atoms with Crippen LogP contribution in [0.25, 0.3) is 11.4 Å². The summed E-state index contributed by atoms with van der Waals surface area (Å²) in [4.78, 5) is 16.2. The van der Waals surface area contributed by atoms with Gasteiger partial charge in [0.25, 0.3) is 0 Å². The minimum atomic E-state index is -0.678. The molecule has 27 heavy (non-hydrogen) atoms. The molecule has 0 saturated heterocycles. The molecule has 4 rings (SSSR count). The molecular weight excluding hydrogens is 345 g/mol. The van der Waals surface area contributed by atoms with Gasteiger partial charge in [-0.25, -0.2) is 14.2 Å². The Hall–Kier alpha value is -3.87. The van der Waals surface area contributed by atoms with E-state index in [0.717, 1.165) is 11.3 Å². The zero-order valence-electron chi connectivity index (χ0n) is 14.2. The molecule has 0 unspecified atom stereocenters. The Labute approximate surface area is 155 Å². The van der Waals surface area contributed by atoms with E-state index in [1.807, 2.05) is 42.5 Å². The molecule has 0 saturated carbocycles. The Morgan fingerprint density at radius 2 is 1.59 bits per heavy atom. The number of hydrogen-bond acceptors (Lipinski definition) is 4. The number of nitrogens with zero attached hydrogens (tertiary/aromatic N) is 3. The predicted octanol–water partition coefficient (Wildman–Crippen LogP) is 3.37. The summed E-state index contributed by atoms with van der Waals surface area (Å²) in [5.41, 5.74) is 12.3. The first-order valence-electron chi connectivity index (χ1n) is 8.27. The molecule has 3 aromatic rings. The fourth-order valence-electron chi connectivity index (χ4n) is 2.98. The van der Waals surface area contributed by atoms with Crippen molar-refractivity contribution in [2.75, 3.05) is 5.01 Å². The summed E-state index contributed by atoms with van der Waals surface area (Å²) >= 11 is 0. The summed E-state index contributed by atoms with van der Waals surface area (Å²) in [6.07, 6.45) is 3.33. The van der Waals surface area contributed by atoms with Crippen LogP contribution in [0.1, 0.15) is 11.1 Å². The largest absolute Gasteiger partial charge is 0.353 e. The molecular formula is C20H16FN5O. The number of halogens is 1. The number of amides is 2. The highest BCUT2D eigenvalue weighted by atomic mass is 19.1. The van der Waals surface area contributed by atoms with Gasteiger partial charge in [0.15, 0.2) is 0 Å². The van der Waals surface area contributed by atoms with Crippen LogP contribution in [-0.2, 0) is 0 Å². The number of primary amides is 1.